The number of rotatable bonds is 7. The summed E-state index contributed by atoms with van der Waals surface area (Å²) in [6.45, 7) is 1.50. The van der Waals surface area contributed by atoms with E-state index in [4.69, 9.17) is 4.98 Å². The molecule has 0 amide bonds. The van der Waals surface area contributed by atoms with E-state index in [0.29, 0.717) is 6.54 Å². The molecule has 0 spiro atoms. The smallest absolute Gasteiger partial charge is 0.176 e. The molecule has 0 saturated carbocycles. The molecule has 0 unspecified atom stereocenters. The minimum absolute atomic E-state index is 0.196. The van der Waals surface area contributed by atoms with Gasteiger partial charge >= 0.3 is 0 Å². The first-order valence-corrected chi connectivity index (χ1v) is 13.4. The van der Waals surface area contributed by atoms with Gasteiger partial charge in [-0.25, -0.2) is 4.98 Å². The Morgan fingerprint density at radius 1 is 0.821 bits per heavy atom. The number of aromatic nitrogens is 5. The fraction of sp³-hybridized carbons (Fsp3) is 0.0645. The zero-order chi connectivity index (χ0) is 26.2. The molecule has 0 saturated heterocycles. The van der Waals surface area contributed by atoms with Crippen molar-refractivity contribution in [1.82, 2.24) is 30.5 Å². The molecule has 5 heterocycles. The Bertz CT molecular complexity index is 1920. The van der Waals surface area contributed by atoms with Crippen molar-refractivity contribution >= 4 is 33.3 Å². The number of pyridine rings is 2. The van der Waals surface area contributed by atoms with Crippen molar-refractivity contribution in [3.05, 3.63) is 114 Å². The number of halogens is 1. The second-order valence-electron chi connectivity index (χ2n) is 9.39. The summed E-state index contributed by atoms with van der Waals surface area (Å²) >= 11 is 1.14. The summed E-state index contributed by atoms with van der Waals surface area (Å²) in [5.74, 6) is 0. The van der Waals surface area contributed by atoms with E-state index in [-0.39, 0.29) is 5.13 Å². The molecule has 0 aliphatic heterocycles. The van der Waals surface area contributed by atoms with Gasteiger partial charge in [0.25, 0.3) is 0 Å². The molecule has 7 rings (SSSR count). The Kier molecular flexibility index (Phi) is 5.96. The van der Waals surface area contributed by atoms with Crippen LogP contribution < -0.4 is 5.32 Å². The molecule has 6 nitrogen and oxygen atoms in total. The third kappa shape index (κ3) is 4.60. The third-order valence-electron chi connectivity index (χ3n) is 6.76. The van der Waals surface area contributed by atoms with Crippen molar-refractivity contribution in [3.8, 4) is 33.1 Å². The molecule has 8 heteroatoms. The lowest BCUT2D eigenvalue weighted by molar-refractivity contribution is 0.657. The number of fused-ring (bicyclic) bond motifs is 2. The minimum atomic E-state index is -0.196. The maximum atomic E-state index is 13.7. The van der Waals surface area contributed by atoms with Gasteiger partial charge < -0.3 is 10.3 Å². The number of aromatic amines is 2. The lowest BCUT2D eigenvalue weighted by Crippen LogP contribution is -2.12. The predicted molar refractivity (Wildman–Crippen MR) is 155 cm³/mol. The van der Waals surface area contributed by atoms with Crippen LogP contribution >= 0.6 is 11.3 Å². The summed E-state index contributed by atoms with van der Waals surface area (Å²) in [5.41, 5.74) is 9.26. The molecule has 190 valence electrons. The number of nitrogens with one attached hydrogen (secondary N) is 3. The summed E-state index contributed by atoms with van der Waals surface area (Å²) in [6.07, 6.45) is 3.72. The van der Waals surface area contributed by atoms with Gasteiger partial charge in [-0.1, -0.05) is 42.5 Å². The van der Waals surface area contributed by atoms with Crippen LogP contribution in [0.1, 0.15) is 11.1 Å². The van der Waals surface area contributed by atoms with Crippen molar-refractivity contribution < 1.29 is 4.39 Å². The van der Waals surface area contributed by atoms with Gasteiger partial charge in [0.05, 0.1) is 16.9 Å². The number of thiophene rings is 1. The molecule has 5 aromatic heterocycles. The second-order valence-corrected chi connectivity index (χ2v) is 10.4. The van der Waals surface area contributed by atoms with Crippen LogP contribution in [0.2, 0.25) is 0 Å². The van der Waals surface area contributed by atoms with Crippen LogP contribution in [0.3, 0.4) is 0 Å². The van der Waals surface area contributed by atoms with Crippen LogP contribution in [0.5, 0.6) is 0 Å². The SMILES string of the molecule is Fc1ccc(-c2cccc3[nH]c(-c4n[nH]c5ccc(-c6cncc(CNCc7ccccc7)c6)nc45)cc23)s1. The summed E-state index contributed by atoms with van der Waals surface area (Å²) in [4.78, 5) is 13.8. The predicted octanol–water partition coefficient (Wildman–Crippen LogP) is 7.33. The van der Waals surface area contributed by atoms with E-state index in [2.05, 4.69) is 49.7 Å². The van der Waals surface area contributed by atoms with Gasteiger partial charge in [0, 0.05) is 52.4 Å². The molecule has 2 aromatic carbocycles. The van der Waals surface area contributed by atoms with E-state index < -0.39 is 0 Å². The first-order chi connectivity index (χ1) is 19.2. The van der Waals surface area contributed by atoms with E-state index in [9.17, 15) is 4.39 Å². The third-order valence-corrected chi connectivity index (χ3v) is 7.66. The lowest BCUT2D eigenvalue weighted by atomic mass is 10.1. The van der Waals surface area contributed by atoms with Crippen LogP contribution in [0.15, 0.2) is 97.3 Å². The second kappa shape index (κ2) is 9.90. The van der Waals surface area contributed by atoms with E-state index in [1.54, 1.807) is 0 Å². The average Bonchev–Trinajstić information content (AvgIpc) is 3.71. The first kappa shape index (κ1) is 23.5. The molecule has 0 fully saturated rings. The van der Waals surface area contributed by atoms with Gasteiger partial charge in [-0.2, -0.15) is 9.49 Å². The molecule has 39 heavy (non-hydrogen) atoms. The molecule has 0 radical (unpaired) electrons. The van der Waals surface area contributed by atoms with Gasteiger partial charge in [0.2, 0.25) is 0 Å². The Hall–Kier alpha value is -4.66. The Morgan fingerprint density at radius 3 is 2.59 bits per heavy atom. The van der Waals surface area contributed by atoms with Gasteiger partial charge in [-0.3, -0.25) is 10.1 Å². The largest absolute Gasteiger partial charge is 0.353 e. The Balaban J connectivity index is 1.20. The quantitative estimate of drug-likeness (QED) is 0.202. The molecular formula is C31H23FN6S. The summed E-state index contributed by atoms with van der Waals surface area (Å²) < 4.78 is 13.7. The van der Waals surface area contributed by atoms with Crippen molar-refractivity contribution in [1.29, 1.82) is 0 Å². The summed E-state index contributed by atoms with van der Waals surface area (Å²) in [7, 11) is 0. The monoisotopic (exact) mass is 530 g/mol. The highest BCUT2D eigenvalue weighted by Crippen LogP contribution is 2.36. The molecule has 3 N–H and O–H groups in total. The Morgan fingerprint density at radius 2 is 1.72 bits per heavy atom. The molecule has 0 aliphatic carbocycles. The highest BCUT2D eigenvalue weighted by Gasteiger charge is 2.16. The number of H-pyrrole nitrogens is 2. The standard InChI is InChI=1S/C31H23FN6S/c32-29-12-11-28(39-29)22-7-4-8-25-23(22)14-27(35-25)31-30-26(37-38-31)10-9-24(36-30)21-13-20(17-34-18-21)16-33-15-19-5-2-1-3-6-19/h1-14,17-18,33,35H,15-16H2,(H,37,38). The fourth-order valence-corrected chi connectivity index (χ4v) is 5.65. The number of hydrogen-bond acceptors (Lipinski definition) is 5. The number of benzene rings is 2. The summed E-state index contributed by atoms with van der Waals surface area (Å²) in [6, 6.07) is 27.8. The minimum Gasteiger partial charge on any atom is -0.353 e. The van der Waals surface area contributed by atoms with E-state index >= 15 is 0 Å². The first-order valence-electron chi connectivity index (χ1n) is 12.6. The maximum Gasteiger partial charge on any atom is 0.176 e. The van der Waals surface area contributed by atoms with Crippen LogP contribution in [-0.4, -0.2) is 25.1 Å². The zero-order valence-electron chi connectivity index (χ0n) is 20.8. The van der Waals surface area contributed by atoms with Crippen molar-refractivity contribution in [2.75, 3.05) is 0 Å². The highest BCUT2D eigenvalue weighted by molar-refractivity contribution is 7.14. The normalized spacial score (nSPS) is 11.5. The average molecular weight is 531 g/mol. The number of nitrogens with zero attached hydrogens (tertiary/aromatic N) is 3. The van der Waals surface area contributed by atoms with Crippen molar-refractivity contribution in [3.63, 3.8) is 0 Å². The van der Waals surface area contributed by atoms with Crippen molar-refractivity contribution in [2.24, 2.45) is 0 Å². The molecular weight excluding hydrogens is 507 g/mol. The van der Waals surface area contributed by atoms with Crippen molar-refractivity contribution in [2.45, 2.75) is 13.1 Å². The summed E-state index contributed by atoms with van der Waals surface area (Å²) in [5, 5.41) is 12.0. The molecule has 0 atom stereocenters. The fourth-order valence-electron chi connectivity index (χ4n) is 4.88. The van der Waals surface area contributed by atoms with Gasteiger partial charge in [0.15, 0.2) is 5.13 Å². The molecule has 0 aliphatic rings. The van der Waals surface area contributed by atoms with E-state index in [0.717, 1.165) is 78.5 Å². The van der Waals surface area contributed by atoms with Crippen LogP contribution in [0.25, 0.3) is 55.0 Å². The van der Waals surface area contributed by atoms with Crippen LogP contribution in [0.4, 0.5) is 4.39 Å². The van der Waals surface area contributed by atoms with Crippen LogP contribution in [-0.2, 0) is 13.1 Å². The van der Waals surface area contributed by atoms with E-state index in [1.165, 1.54) is 11.6 Å². The lowest BCUT2D eigenvalue weighted by Gasteiger charge is -2.07. The maximum absolute atomic E-state index is 13.7. The van der Waals surface area contributed by atoms with Gasteiger partial charge in [-0.05, 0) is 53.6 Å². The topological polar surface area (TPSA) is 82.3 Å². The van der Waals surface area contributed by atoms with Gasteiger partial charge in [0.1, 0.15) is 11.2 Å². The molecule has 0 bridgehead atoms. The van der Waals surface area contributed by atoms with Crippen LogP contribution in [0, 0.1) is 5.13 Å². The zero-order valence-corrected chi connectivity index (χ0v) is 21.6. The Labute approximate surface area is 227 Å². The highest BCUT2D eigenvalue weighted by atomic mass is 32.1. The number of hydrogen-bond donors (Lipinski definition) is 3. The molecule has 7 aromatic rings. The van der Waals surface area contributed by atoms with Gasteiger partial charge in [-0.15, -0.1) is 11.3 Å². The van der Waals surface area contributed by atoms with E-state index in [1.807, 2.05) is 67.0 Å².